The fraction of sp³-hybridized carbons (Fsp3) is 0.300. The van der Waals surface area contributed by atoms with Crippen LogP contribution >= 0.6 is 0 Å². The van der Waals surface area contributed by atoms with Crippen molar-refractivity contribution in [3.63, 3.8) is 0 Å². The lowest BCUT2D eigenvalue weighted by Gasteiger charge is -2.06. The highest BCUT2D eigenvalue weighted by Crippen LogP contribution is 2.12. The highest BCUT2D eigenvalue weighted by atomic mass is 16.2. The Morgan fingerprint density at radius 2 is 1.86 bits per heavy atom. The molecule has 0 unspecified atom stereocenters. The maximum atomic E-state index is 10.5. The summed E-state index contributed by atoms with van der Waals surface area (Å²) in [5.74, 6) is 0. The van der Waals surface area contributed by atoms with Crippen LogP contribution in [0.15, 0.2) is 24.3 Å². The van der Waals surface area contributed by atoms with E-state index in [-0.39, 0.29) is 0 Å². The summed E-state index contributed by atoms with van der Waals surface area (Å²) >= 11 is 0. The summed E-state index contributed by atoms with van der Waals surface area (Å²) in [6.07, 6.45) is 1.08. The molecule has 0 radical (unpaired) electrons. The number of nitrogens with one attached hydrogen (secondary N) is 2. The van der Waals surface area contributed by atoms with Gasteiger partial charge >= 0.3 is 6.03 Å². The minimum absolute atomic E-state index is 0.542. The van der Waals surface area contributed by atoms with Gasteiger partial charge in [0.25, 0.3) is 0 Å². The number of urea groups is 1. The average Bonchev–Trinajstić information content (AvgIpc) is 2.16. The molecule has 4 N–H and O–H groups in total. The van der Waals surface area contributed by atoms with Crippen LogP contribution in [0.3, 0.4) is 0 Å². The van der Waals surface area contributed by atoms with Crippen LogP contribution in [0.5, 0.6) is 0 Å². The van der Waals surface area contributed by atoms with Crippen molar-refractivity contribution in [1.29, 1.82) is 0 Å². The Labute approximate surface area is 83.5 Å². The van der Waals surface area contributed by atoms with Gasteiger partial charge in [0.2, 0.25) is 0 Å². The molecule has 1 aromatic rings. The van der Waals surface area contributed by atoms with E-state index in [1.807, 2.05) is 24.3 Å². The van der Waals surface area contributed by atoms with Crippen molar-refractivity contribution in [3.05, 3.63) is 24.3 Å². The largest absolute Gasteiger partial charge is 0.385 e. The molecular weight excluding hydrogens is 178 g/mol. The molecular formula is C10H15N3O. The molecule has 0 aliphatic rings. The van der Waals surface area contributed by atoms with Gasteiger partial charge in [-0.15, -0.1) is 0 Å². The molecule has 14 heavy (non-hydrogen) atoms. The first-order valence-electron chi connectivity index (χ1n) is 4.62. The number of benzene rings is 1. The smallest absolute Gasteiger partial charge is 0.316 e. The van der Waals surface area contributed by atoms with Crippen LogP contribution in [0.2, 0.25) is 0 Å². The number of hydrogen-bond donors (Lipinski definition) is 3. The van der Waals surface area contributed by atoms with Gasteiger partial charge in [-0.3, -0.25) is 0 Å². The quantitative estimate of drug-likeness (QED) is 0.684. The molecule has 0 saturated carbocycles. The van der Waals surface area contributed by atoms with Crippen molar-refractivity contribution in [2.24, 2.45) is 5.73 Å². The number of hydrogen-bond acceptors (Lipinski definition) is 2. The number of carbonyl (C=O) groups excluding carboxylic acids is 1. The van der Waals surface area contributed by atoms with Crippen LogP contribution < -0.4 is 16.4 Å². The highest BCUT2D eigenvalue weighted by molar-refractivity contribution is 5.87. The van der Waals surface area contributed by atoms with E-state index in [1.54, 1.807) is 0 Å². The van der Waals surface area contributed by atoms with Gasteiger partial charge in [0.1, 0.15) is 0 Å². The lowest BCUT2D eigenvalue weighted by atomic mass is 10.3. The molecule has 0 fully saturated rings. The number of nitrogens with two attached hydrogens (primary N) is 1. The first-order valence-corrected chi connectivity index (χ1v) is 4.62. The summed E-state index contributed by atoms with van der Waals surface area (Å²) in [5.41, 5.74) is 6.73. The SMILES string of the molecule is CCCNc1ccc(NC(N)=O)cc1. The van der Waals surface area contributed by atoms with Crippen LogP contribution in [0, 0.1) is 0 Å². The summed E-state index contributed by atoms with van der Waals surface area (Å²) in [7, 11) is 0. The van der Waals surface area contributed by atoms with Crippen molar-refractivity contribution in [2.45, 2.75) is 13.3 Å². The number of carbonyl (C=O) groups is 1. The van der Waals surface area contributed by atoms with Gasteiger partial charge in [-0.2, -0.15) is 0 Å². The molecule has 0 atom stereocenters. The van der Waals surface area contributed by atoms with Crippen molar-refractivity contribution < 1.29 is 4.79 Å². The molecule has 76 valence electrons. The lowest BCUT2D eigenvalue weighted by molar-refractivity contribution is 0.259. The fourth-order valence-electron chi connectivity index (χ4n) is 1.08. The molecule has 0 spiro atoms. The Hall–Kier alpha value is -1.71. The van der Waals surface area contributed by atoms with Gasteiger partial charge in [0.15, 0.2) is 0 Å². The molecule has 1 rings (SSSR count). The van der Waals surface area contributed by atoms with Gasteiger partial charge < -0.3 is 16.4 Å². The number of rotatable bonds is 4. The van der Waals surface area contributed by atoms with E-state index >= 15 is 0 Å². The molecule has 0 aromatic heterocycles. The van der Waals surface area contributed by atoms with E-state index < -0.39 is 6.03 Å². The minimum atomic E-state index is -0.542. The van der Waals surface area contributed by atoms with E-state index in [9.17, 15) is 4.79 Å². The summed E-state index contributed by atoms with van der Waals surface area (Å²) < 4.78 is 0. The topological polar surface area (TPSA) is 67.2 Å². The van der Waals surface area contributed by atoms with Gasteiger partial charge in [-0.1, -0.05) is 6.92 Å². The lowest BCUT2D eigenvalue weighted by Crippen LogP contribution is -2.19. The third kappa shape index (κ3) is 3.35. The third-order valence-corrected chi connectivity index (χ3v) is 1.73. The predicted molar refractivity (Wildman–Crippen MR) is 58.4 cm³/mol. The Balaban J connectivity index is 2.54. The molecule has 4 heteroatoms. The zero-order valence-corrected chi connectivity index (χ0v) is 8.21. The molecule has 1 aromatic carbocycles. The third-order valence-electron chi connectivity index (χ3n) is 1.73. The van der Waals surface area contributed by atoms with Crippen molar-refractivity contribution in [3.8, 4) is 0 Å². The number of amides is 2. The van der Waals surface area contributed by atoms with Gasteiger partial charge in [0, 0.05) is 17.9 Å². The molecule has 4 nitrogen and oxygen atoms in total. The minimum Gasteiger partial charge on any atom is -0.385 e. The Bertz CT molecular complexity index is 295. The second-order valence-electron chi connectivity index (χ2n) is 2.99. The van der Waals surface area contributed by atoms with E-state index in [0.717, 1.165) is 18.7 Å². The monoisotopic (exact) mass is 193 g/mol. The first-order chi connectivity index (χ1) is 6.72. The van der Waals surface area contributed by atoms with Crippen LogP contribution in [0.4, 0.5) is 16.2 Å². The summed E-state index contributed by atoms with van der Waals surface area (Å²) in [4.78, 5) is 10.5. The van der Waals surface area contributed by atoms with Crippen LogP contribution in [0.1, 0.15) is 13.3 Å². The zero-order valence-electron chi connectivity index (χ0n) is 8.21. The fourth-order valence-corrected chi connectivity index (χ4v) is 1.08. The Morgan fingerprint density at radius 1 is 1.29 bits per heavy atom. The molecule has 0 heterocycles. The Morgan fingerprint density at radius 3 is 2.36 bits per heavy atom. The maximum absolute atomic E-state index is 10.5. The maximum Gasteiger partial charge on any atom is 0.316 e. The molecule has 0 saturated heterocycles. The molecule has 2 amide bonds. The van der Waals surface area contributed by atoms with E-state index in [4.69, 9.17) is 5.73 Å². The second kappa shape index (κ2) is 5.11. The number of primary amides is 1. The van der Waals surface area contributed by atoms with Crippen molar-refractivity contribution in [2.75, 3.05) is 17.2 Å². The van der Waals surface area contributed by atoms with Crippen molar-refractivity contribution >= 4 is 17.4 Å². The van der Waals surface area contributed by atoms with Gasteiger partial charge in [-0.25, -0.2) is 4.79 Å². The molecule has 0 aliphatic carbocycles. The average molecular weight is 193 g/mol. The van der Waals surface area contributed by atoms with E-state index in [1.165, 1.54) is 0 Å². The second-order valence-corrected chi connectivity index (χ2v) is 2.99. The van der Waals surface area contributed by atoms with Crippen LogP contribution in [-0.2, 0) is 0 Å². The standard InChI is InChI=1S/C10H15N3O/c1-2-7-12-8-3-5-9(6-4-8)13-10(11)14/h3-6,12H,2,7H2,1H3,(H3,11,13,14). The van der Waals surface area contributed by atoms with Crippen LogP contribution in [0.25, 0.3) is 0 Å². The Kier molecular flexibility index (Phi) is 3.79. The number of anilines is 2. The summed E-state index contributed by atoms with van der Waals surface area (Å²) in [6.45, 7) is 3.05. The normalized spacial score (nSPS) is 9.50. The van der Waals surface area contributed by atoms with E-state index in [0.29, 0.717) is 5.69 Å². The van der Waals surface area contributed by atoms with E-state index in [2.05, 4.69) is 17.6 Å². The molecule has 0 bridgehead atoms. The van der Waals surface area contributed by atoms with Crippen molar-refractivity contribution in [1.82, 2.24) is 0 Å². The zero-order chi connectivity index (χ0) is 10.4. The van der Waals surface area contributed by atoms with Gasteiger partial charge in [0.05, 0.1) is 0 Å². The highest BCUT2D eigenvalue weighted by Gasteiger charge is 1.95. The summed E-state index contributed by atoms with van der Waals surface area (Å²) in [5, 5.41) is 5.73. The first kappa shape index (κ1) is 10.4. The van der Waals surface area contributed by atoms with Gasteiger partial charge in [-0.05, 0) is 30.7 Å². The van der Waals surface area contributed by atoms with Crippen LogP contribution in [-0.4, -0.2) is 12.6 Å². The predicted octanol–water partition coefficient (Wildman–Crippen LogP) is 2.00. The molecule has 0 aliphatic heterocycles. The summed E-state index contributed by atoms with van der Waals surface area (Å²) in [6, 6.07) is 6.88.